The molecule has 0 aromatic heterocycles. The zero-order chi connectivity index (χ0) is 27.6. The van der Waals surface area contributed by atoms with Crippen molar-refractivity contribution in [2.75, 3.05) is 14.2 Å². The van der Waals surface area contributed by atoms with Gasteiger partial charge in [-0.25, -0.2) is 5.43 Å². The predicted octanol–water partition coefficient (Wildman–Crippen LogP) is 6.59. The third-order valence-corrected chi connectivity index (χ3v) is 6.08. The molecule has 0 unspecified atom stereocenters. The van der Waals surface area contributed by atoms with E-state index in [0.717, 1.165) is 11.1 Å². The summed E-state index contributed by atoms with van der Waals surface area (Å²) in [5, 5.41) is 4.43. The molecular formula is C31H29ClN2O5. The number of rotatable bonds is 11. The first-order valence-electron chi connectivity index (χ1n) is 12.2. The Kier molecular flexibility index (Phi) is 9.43. The van der Waals surface area contributed by atoms with Gasteiger partial charge in [-0.05, 0) is 53.9 Å². The molecule has 0 aliphatic carbocycles. The number of amides is 1. The van der Waals surface area contributed by atoms with E-state index in [-0.39, 0.29) is 0 Å². The van der Waals surface area contributed by atoms with Crippen molar-refractivity contribution in [2.45, 2.75) is 20.1 Å². The summed E-state index contributed by atoms with van der Waals surface area (Å²) in [6.07, 6.45) is 1.48. The molecule has 1 amide bonds. The van der Waals surface area contributed by atoms with E-state index in [9.17, 15) is 4.79 Å². The second kappa shape index (κ2) is 13.3. The maximum atomic E-state index is 12.7. The first kappa shape index (κ1) is 27.5. The molecule has 0 heterocycles. The number of ether oxygens (including phenoxy) is 4. The van der Waals surface area contributed by atoms with Gasteiger partial charge in [0.2, 0.25) is 0 Å². The van der Waals surface area contributed by atoms with E-state index in [1.54, 1.807) is 30.3 Å². The van der Waals surface area contributed by atoms with Crippen LogP contribution in [0.4, 0.5) is 0 Å². The average molecular weight is 545 g/mol. The summed E-state index contributed by atoms with van der Waals surface area (Å²) in [6, 6.07) is 26.2. The van der Waals surface area contributed by atoms with Crippen molar-refractivity contribution >= 4 is 23.7 Å². The molecule has 7 nitrogen and oxygen atoms in total. The number of hydrogen-bond donors (Lipinski definition) is 1. The van der Waals surface area contributed by atoms with E-state index in [2.05, 4.69) is 10.5 Å². The topological polar surface area (TPSA) is 78.4 Å². The van der Waals surface area contributed by atoms with Crippen molar-refractivity contribution in [1.29, 1.82) is 0 Å². The Hall–Kier alpha value is -4.49. The lowest BCUT2D eigenvalue weighted by Crippen LogP contribution is -2.17. The molecule has 200 valence electrons. The fraction of sp³-hybridized carbons (Fsp3) is 0.161. The highest BCUT2D eigenvalue weighted by Gasteiger charge is 2.13. The number of benzene rings is 4. The van der Waals surface area contributed by atoms with Crippen LogP contribution in [0.15, 0.2) is 90.0 Å². The third kappa shape index (κ3) is 7.52. The van der Waals surface area contributed by atoms with Gasteiger partial charge in [-0.15, -0.1) is 0 Å². The Labute approximate surface area is 232 Å². The molecule has 0 bridgehead atoms. The molecule has 0 saturated heterocycles. The lowest BCUT2D eigenvalue weighted by Gasteiger charge is -2.13. The molecule has 4 aromatic carbocycles. The van der Waals surface area contributed by atoms with Gasteiger partial charge in [-0.1, -0.05) is 71.8 Å². The third-order valence-electron chi connectivity index (χ3n) is 5.80. The van der Waals surface area contributed by atoms with Crippen LogP contribution in [0.5, 0.6) is 23.0 Å². The summed E-state index contributed by atoms with van der Waals surface area (Å²) in [5.74, 6) is 1.46. The number of nitrogens with one attached hydrogen (secondary N) is 1. The number of carbonyl (C=O) groups excluding carboxylic acids is 1. The van der Waals surface area contributed by atoms with E-state index >= 15 is 0 Å². The van der Waals surface area contributed by atoms with Gasteiger partial charge in [0.15, 0.2) is 23.0 Å². The summed E-state index contributed by atoms with van der Waals surface area (Å²) < 4.78 is 22.7. The fourth-order valence-electron chi connectivity index (χ4n) is 3.69. The van der Waals surface area contributed by atoms with Gasteiger partial charge < -0.3 is 18.9 Å². The predicted molar refractivity (Wildman–Crippen MR) is 152 cm³/mol. The molecule has 0 radical (unpaired) electrons. The standard InChI is InChI=1S/C31H29ClN2O5/c1-21-9-11-23(12-10-21)20-39-30-26(32)15-24(16-29(30)37-3)18-33-34-31(35)25-13-14-27(28(17-25)36-2)38-19-22-7-5-4-6-8-22/h4-18H,19-20H2,1-3H3,(H,34,35)/b33-18+. The van der Waals surface area contributed by atoms with E-state index in [4.69, 9.17) is 30.5 Å². The first-order chi connectivity index (χ1) is 19.0. The minimum absolute atomic E-state index is 0.347. The second-order valence-corrected chi connectivity index (χ2v) is 9.05. The Morgan fingerprint density at radius 1 is 0.821 bits per heavy atom. The van der Waals surface area contributed by atoms with Crippen LogP contribution in [-0.2, 0) is 13.2 Å². The van der Waals surface area contributed by atoms with Gasteiger partial charge in [-0.2, -0.15) is 5.10 Å². The Bertz CT molecular complexity index is 1440. The minimum Gasteiger partial charge on any atom is -0.493 e. The highest BCUT2D eigenvalue weighted by atomic mass is 35.5. The SMILES string of the molecule is COc1cc(C(=O)N/N=C/c2cc(Cl)c(OCc3ccc(C)cc3)c(OC)c2)ccc1OCc1ccccc1. The molecule has 0 spiro atoms. The average Bonchev–Trinajstić information content (AvgIpc) is 2.96. The molecule has 4 rings (SSSR count). The van der Waals surface area contributed by atoms with Gasteiger partial charge in [0.25, 0.3) is 5.91 Å². The Balaban J connectivity index is 1.38. The van der Waals surface area contributed by atoms with Crippen LogP contribution < -0.4 is 24.4 Å². The lowest BCUT2D eigenvalue weighted by atomic mass is 10.1. The van der Waals surface area contributed by atoms with Crippen molar-refractivity contribution < 1.29 is 23.7 Å². The fourth-order valence-corrected chi connectivity index (χ4v) is 3.96. The molecule has 0 aliphatic heterocycles. The zero-order valence-electron chi connectivity index (χ0n) is 21.9. The van der Waals surface area contributed by atoms with Gasteiger partial charge >= 0.3 is 0 Å². The van der Waals surface area contributed by atoms with Crippen molar-refractivity contribution in [3.63, 3.8) is 0 Å². The molecule has 0 fully saturated rings. The normalized spacial score (nSPS) is 10.8. The summed E-state index contributed by atoms with van der Waals surface area (Å²) in [7, 11) is 3.06. The number of hydrazone groups is 1. The summed E-state index contributed by atoms with van der Waals surface area (Å²) in [5.41, 5.74) is 6.73. The van der Waals surface area contributed by atoms with E-state index in [1.807, 2.05) is 61.5 Å². The van der Waals surface area contributed by atoms with Crippen molar-refractivity contribution in [1.82, 2.24) is 5.43 Å². The van der Waals surface area contributed by atoms with Crippen LogP contribution in [0.2, 0.25) is 5.02 Å². The molecular weight excluding hydrogens is 516 g/mol. The maximum absolute atomic E-state index is 12.7. The monoisotopic (exact) mass is 544 g/mol. The number of methoxy groups -OCH3 is 2. The molecule has 0 atom stereocenters. The highest BCUT2D eigenvalue weighted by molar-refractivity contribution is 6.32. The molecule has 0 aliphatic rings. The van der Waals surface area contributed by atoms with Gasteiger partial charge in [0, 0.05) is 5.56 Å². The van der Waals surface area contributed by atoms with Crippen molar-refractivity contribution in [3.8, 4) is 23.0 Å². The van der Waals surface area contributed by atoms with Gasteiger partial charge in [0.1, 0.15) is 13.2 Å². The summed E-state index contributed by atoms with van der Waals surface area (Å²) in [6.45, 7) is 2.76. The zero-order valence-corrected chi connectivity index (χ0v) is 22.7. The van der Waals surface area contributed by atoms with E-state index in [1.165, 1.54) is 26.0 Å². The molecule has 8 heteroatoms. The van der Waals surface area contributed by atoms with Gasteiger partial charge in [0.05, 0.1) is 25.5 Å². The molecule has 39 heavy (non-hydrogen) atoms. The van der Waals surface area contributed by atoms with Gasteiger partial charge in [-0.3, -0.25) is 4.79 Å². The van der Waals surface area contributed by atoms with Crippen LogP contribution in [0.25, 0.3) is 0 Å². The van der Waals surface area contributed by atoms with Crippen LogP contribution >= 0.6 is 11.6 Å². The quantitative estimate of drug-likeness (QED) is 0.170. The summed E-state index contributed by atoms with van der Waals surface area (Å²) in [4.78, 5) is 12.7. The molecule has 0 saturated carbocycles. The van der Waals surface area contributed by atoms with E-state index in [0.29, 0.717) is 52.4 Å². The van der Waals surface area contributed by atoms with Crippen LogP contribution in [-0.4, -0.2) is 26.3 Å². The highest BCUT2D eigenvalue weighted by Crippen LogP contribution is 2.36. The number of nitrogens with zero attached hydrogens (tertiary/aromatic N) is 1. The first-order valence-corrected chi connectivity index (χ1v) is 12.6. The molecule has 4 aromatic rings. The second-order valence-electron chi connectivity index (χ2n) is 8.65. The Morgan fingerprint density at radius 2 is 1.51 bits per heavy atom. The van der Waals surface area contributed by atoms with E-state index < -0.39 is 5.91 Å². The van der Waals surface area contributed by atoms with Crippen LogP contribution in [0, 0.1) is 6.92 Å². The lowest BCUT2D eigenvalue weighted by molar-refractivity contribution is 0.0954. The van der Waals surface area contributed by atoms with Crippen LogP contribution in [0.3, 0.4) is 0 Å². The molecule has 1 N–H and O–H groups in total. The number of aryl methyl sites for hydroxylation is 1. The van der Waals surface area contributed by atoms with Crippen LogP contribution in [0.1, 0.15) is 32.6 Å². The Morgan fingerprint density at radius 3 is 2.23 bits per heavy atom. The van der Waals surface area contributed by atoms with Crippen molar-refractivity contribution in [3.05, 3.63) is 118 Å². The van der Waals surface area contributed by atoms with Crippen molar-refractivity contribution in [2.24, 2.45) is 5.10 Å². The summed E-state index contributed by atoms with van der Waals surface area (Å²) >= 11 is 6.48. The largest absolute Gasteiger partial charge is 0.493 e. The number of hydrogen-bond acceptors (Lipinski definition) is 6. The maximum Gasteiger partial charge on any atom is 0.271 e. The smallest absolute Gasteiger partial charge is 0.271 e. The minimum atomic E-state index is -0.407. The number of halogens is 1. The number of carbonyl (C=O) groups is 1.